The van der Waals surface area contributed by atoms with Gasteiger partial charge in [-0.3, -0.25) is 0 Å². The lowest BCUT2D eigenvalue weighted by atomic mass is 9.79. The van der Waals surface area contributed by atoms with Gasteiger partial charge in [0.25, 0.3) is 0 Å². The third kappa shape index (κ3) is 3.34. The van der Waals surface area contributed by atoms with Gasteiger partial charge in [-0.25, -0.2) is 0 Å². The van der Waals surface area contributed by atoms with Gasteiger partial charge in [0.1, 0.15) is 0 Å². The summed E-state index contributed by atoms with van der Waals surface area (Å²) in [6.07, 6.45) is 6.74. The van der Waals surface area contributed by atoms with Crippen molar-refractivity contribution in [3.63, 3.8) is 0 Å². The van der Waals surface area contributed by atoms with Crippen LogP contribution in [0.1, 0.15) is 61.4 Å². The zero-order chi connectivity index (χ0) is 32.1. The number of nitrogens with zero attached hydrogens (tertiary/aromatic N) is 3. The highest BCUT2D eigenvalue weighted by Gasteiger charge is 2.52. The number of fused-ring (bicyclic) bond motifs is 17. The average Bonchev–Trinajstić information content (AvgIpc) is 3.72. The van der Waals surface area contributed by atoms with Crippen molar-refractivity contribution in [3.05, 3.63) is 143 Å². The molecule has 8 aromatic rings. The molecule has 0 spiro atoms. The molecule has 0 fully saturated rings. The van der Waals surface area contributed by atoms with Crippen LogP contribution in [0.5, 0.6) is 0 Å². The maximum atomic E-state index is 2.60. The quantitative estimate of drug-likeness (QED) is 0.150. The van der Waals surface area contributed by atoms with Crippen LogP contribution in [0.15, 0.2) is 121 Å². The monoisotopic (exact) mass is 619 g/mol. The Labute approximate surface area is 280 Å². The van der Waals surface area contributed by atoms with Crippen molar-refractivity contribution in [3.8, 4) is 22.5 Å². The van der Waals surface area contributed by atoms with Gasteiger partial charge in [-0.2, -0.15) is 9.13 Å². The van der Waals surface area contributed by atoms with Crippen LogP contribution >= 0.6 is 0 Å². The molecule has 6 heterocycles. The predicted molar refractivity (Wildman–Crippen MR) is 196 cm³/mol. The van der Waals surface area contributed by atoms with Gasteiger partial charge >= 0.3 is 0 Å². The number of allylic oxidation sites excluding steroid dienone is 2. The second-order valence-electron chi connectivity index (χ2n) is 15.5. The first-order valence-electron chi connectivity index (χ1n) is 17.4. The molecule has 0 bridgehead atoms. The van der Waals surface area contributed by atoms with E-state index in [0.717, 1.165) is 12.8 Å². The van der Waals surface area contributed by atoms with Crippen molar-refractivity contribution in [1.29, 1.82) is 0 Å². The van der Waals surface area contributed by atoms with E-state index in [1.54, 1.807) is 5.57 Å². The molecule has 0 saturated carbocycles. The van der Waals surface area contributed by atoms with Crippen LogP contribution < -0.4 is 9.13 Å². The molecule has 0 amide bonds. The van der Waals surface area contributed by atoms with Gasteiger partial charge in [-0.05, 0) is 59.4 Å². The Morgan fingerprint density at radius 3 is 2.38 bits per heavy atom. The molecule has 3 nitrogen and oxygen atoms in total. The van der Waals surface area contributed by atoms with Crippen molar-refractivity contribution in [2.24, 2.45) is 0 Å². The van der Waals surface area contributed by atoms with Crippen LogP contribution in [0.25, 0.3) is 66.3 Å². The smallest absolute Gasteiger partial charge is 0.218 e. The summed E-state index contributed by atoms with van der Waals surface area (Å²) < 4.78 is 7.71. The highest BCUT2D eigenvalue weighted by molar-refractivity contribution is 6.23. The Morgan fingerprint density at radius 1 is 0.708 bits per heavy atom. The predicted octanol–water partition coefficient (Wildman–Crippen LogP) is 9.86. The summed E-state index contributed by atoms with van der Waals surface area (Å²) in [7, 11) is 0. The summed E-state index contributed by atoms with van der Waals surface area (Å²) in [5.41, 5.74) is 18.0. The van der Waals surface area contributed by atoms with E-state index >= 15 is 0 Å². The van der Waals surface area contributed by atoms with Gasteiger partial charge in [0.15, 0.2) is 24.1 Å². The lowest BCUT2D eigenvalue weighted by molar-refractivity contribution is -0.717. The molecule has 0 N–H and O–H groups in total. The Hall–Kier alpha value is -5.28. The van der Waals surface area contributed by atoms with E-state index < -0.39 is 0 Å². The van der Waals surface area contributed by atoms with Crippen molar-refractivity contribution in [1.82, 2.24) is 4.40 Å². The molecule has 0 radical (unpaired) electrons. The number of rotatable bonds is 0. The van der Waals surface area contributed by atoms with Crippen LogP contribution in [0.2, 0.25) is 0 Å². The minimum Gasteiger partial charge on any atom is -0.308 e. The largest absolute Gasteiger partial charge is 0.308 e. The van der Waals surface area contributed by atoms with Gasteiger partial charge < -0.3 is 4.40 Å². The van der Waals surface area contributed by atoms with E-state index in [1.807, 2.05) is 0 Å². The number of para-hydroxylation sites is 2. The number of aromatic nitrogens is 3. The zero-order valence-electron chi connectivity index (χ0n) is 27.9. The molecule has 230 valence electrons. The highest BCUT2D eigenvalue weighted by Crippen LogP contribution is 2.53. The van der Waals surface area contributed by atoms with Crippen molar-refractivity contribution < 1.29 is 9.13 Å². The van der Waals surface area contributed by atoms with Crippen LogP contribution in [-0.4, -0.2) is 4.40 Å². The van der Waals surface area contributed by atoms with E-state index in [9.17, 15) is 0 Å². The molecule has 2 atom stereocenters. The van der Waals surface area contributed by atoms with Crippen molar-refractivity contribution in [2.75, 3.05) is 0 Å². The second kappa shape index (κ2) is 8.99. The molecule has 0 saturated heterocycles. The zero-order valence-corrected chi connectivity index (χ0v) is 27.9. The molecule has 2 unspecified atom stereocenters. The molecule has 11 rings (SSSR count). The Kier molecular flexibility index (Phi) is 5.01. The minimum absolute atomic E-state index is 0.0494. The average molecular weight is 620 g/mol. The summed E-state index contributed by atoms with van der Waals surface area (Å²) in [6.45, 7) is 9.23. The third-order valence-corrected chi connectivity index (χ3v) is 11.8. The fourth-order valence-electron chi connectivity index (χ4n) is 9.63. The topological polar surface area (TPSA) is 12.2 Å². The number of hydrogen-bond acceptors (Lipinski definition) is 0. The summed E-state index contributed by atoms with van der Waals surface area (Å²) >= 11 is 0. The van der Waals surface area contributed by atoms with E-state index in [2.05, 4.69) is 157 Å². The first kappa shape index (κ1) is 26.8. The Morgan fingerprint density at radius 2 is 1.50 bits per heavy atom. The number of benzene rings is 4. The highest BCUT2D eigenvalue weighted by atomic mass is 15.1. The van der Waals surface area contributed by atoms with E-state index in [1.165, 1.54) is 88.6 Å². The fraction of sp³-hybridized carbons (Fsp3) is 0.200. The third-order valence-electron chi connectivity index (χ3n) is 11.8. The molecular weight excluding hydrogens is 583 g/mol. The number of pyridine rings is 2. The standard InChI is InChI=1S/C45H37N3/c1-26-16-17-37-29-10-5-6-12-31(29)43-36-20-27-21-41-35(33-14-9-13-32-30-11-7-8-15-38(30)48(41)44(32)33)23-34(27)39-22-28(45(2,3)4)18-19-46(39)40(36)24-42(43)47(37)25-26/h5-19,21-23,25,42-43H,20,24H2,1-4H3/q+2. The van der Waals surface area contributed by atoms with Gasteiger partial charge in [-0.15, -0.1) is 0 Å². The minimum atomic E-state index is 0.0494. The Bertz CT molecular complexity index is 2730. The summed E-state index contributed by atoms with van der Waals surface area (Å²) in [4.78, 5) is 0. The molecule has 3 aliphatic rings. The van der Waals surface area contributed by atoms with E-state index in [4.69, 9.17) is 0 Å². The van der Waals surface area contributed by atoms with Gasteiger partial charge in [0.05, 0.1) is 40.0 Å². The van der Waals surface area contributed by atoms with Crippen LogP contribution in [0, 0.1) is 6.92 Å². The molecule has 4 aromatic carbocycles. The number of hydrogen-bond donors (Lipinski definition) is 0. The van der Waals surface area contributed by atoms with Gasteiger partial charge in [-0.1, -0.05) is 75.4 Å². The first-order chi connectivity index (χ1) is 23.3. The molecule has 1 aliphatic carbocycles. The van der Waals surface area contributed by atoms with Crippen LogP contribution in [0.4, 0.5) is 0 Å². The van der Waals surface area contributed by atoms with Crippen LogP contribution in [-0.2, 0) is 11.8 Å². The fourth-order valence-corrected chi connectivity index (χ4v) is 9.63. The SMILES string of the molecule is Cc1ccc2[n+](c1)C1CC3=C(Cc4cc5c(cc4-c4cc(C(C)(C)C)cc[n+]43)c3cccc4c6ccccc6n5c43)C1c1ccccc1-2. The molecule has 48 heavy (non-hydrogen) atoms. The van der Waals surface area contributed by atoms with Crippen molar-refractivity contribution >= 4 is 43.8 Å². The molecule has 4 aromatic heterocycles. The number of aryl methyl sites for hydroxylation is 1. The summed E-state index contributed by atoms with van der Waals surface area (Å²) in [6, 6.07) is 39.9. The van der Waals surface area contributed by atoms with Gasteiger partial charge in [0, 0.05) is 57.3 Å². The Balaban J connectivity index is 1.23. The van der Waals surface area contributed by atoms with E-state index in [-0.39, 0.29) is 5.41 Å². The second-order valence-corrected chi connectivity index (χ2v) is 15.5. The maximum Gasteiger partial charge on any atom is 0.218 e. The normalized spacial score (nSPS) is 18.2. The lowest BCUT2D eigenvalue weighted by Gasteiger charge is -2.27. The molecule has 3 heteroatoms. The first-order valence-corrected chi connectivity index (χ1v) is 17.4. The van der Waals surface area contributed by atoms with Crippen LogP contribution in [0.3, 0.4) is 0 Å². The summed E-state index contributed by atoms with van der Waals surface area (Å²) in [5, 5.41) is 5.36. The molecule has 2 aliphatic heterocycles. The maximum absolute atomic E-state index is 2.60. The van der Waals surface area contributed by atoms with Crippen molar-refractivity contribution in [2.45, 2.75) is 57.9 Å². The lowest BCUT2D eigenvalue weighted by Crippen LogP contribution is -2.47. The van der Waals surface area contributed by atoms with Gasteiger partial charge in [0.2, 0.25) is 11.4 Å². The summed E-state index contributed by atoms with van der Waals surface area (Å²) in [5.74, 6) is 0.327. The van der Waals surface area contributed by atoms with E-state index in [0.29, 0.717) is 12.0 Å². The molecular formula is C45H37N3+2.